The van der Waals surface area contributed by atoms with E-state index in [1.807, 2.05) is 24.3 Å². The molecular formula is C17H25NO2. The molecule has 5 atom stereocenters. The van der Waals surface area contributed by atoms with E-state index < -0.39 is 6.10 Å². The maximum absolute atomic E-state index is 10.7. The molecule has 0 aliphatic carbocycles. The molecule has 110 valence electrons. The monoisotopic (exact) mass is 275 g/mol. The normalized spacial score (nSPS) is 38.1. The molecule has 1 aromatic carbocycles. The average Bonchev–Trinajstić information content (AvgIpc) is 2.44. The van der Waals surface area contributed by atoms with Crippen LogP contribution in [0.5, 0.6) is 5.75 Å². The summed E-state index contributed by atoms with van der Waals surface area (Å²) in [6, 6.07) is 8.43. The Morgan fingerprint density at radius 3 is 2.75 bits per heavy atom. The summed E-state index contributed by atoms with van der Waals surface area (Å²) in [6.07, 6.45) is 0.831. The smallest absolute Gasteiger partial charge is 0.125 e. The molecule has 0 saturated carbocycles. The van der Waals surface area contributed by atoms with E-state index >= 15 is 0 Å². The molecule has 1 N–H and O–H groups in total. The van der Waals surface area contributed by atoms with Crippen molar-refractivity contribution in [2.75, 3.05) is 13.2 Å². The molecule has 1 saturated heterocycles. The first-order chi connectivity index (χ1) is 9.58. The zero-order chi connectivity index (χ0) is 14.3. The summed E-state index contributed by atoms with van der Waals surface area (Å²) in [6.45, 7) is 8.54. The second-order valence-electron chi connectivity index (χ2n) is 6.62. The fourth-order valence-electron chi connectivity index (χ4n) is 3.80. The van der Waals surface area contributed by atoms with Gasteiger partial charge in [-0.25, -0.2) is 0 Å². The molecular weight excluding hydrogens is 250 g/mol. The molecule has 3 heteroatoms. The summed E-state index contributed by atoms with van der Waals surface area (Å²) >= 11 is 0. The maximum atomic E-state index is 10.7. The molecule has 0 aromatic heterocycles. The van der Waals surface area contributed by atoms with Gasteiger partial charge < -0.3 is 9.84 Å². The van der Waals surface area contributed by atoms with E-state index in [2.05, 4.69) is 25.7 Å². The van der Waals surface area contributed by atoms with Crippen LogP contribution < -0.4 is 4.74 Å². The molecule has 0 spiro atoms. The second-order valence-corrected chi connectivity index (χ2v) is 6.62. The summed E-state index contributed by atoms with van der Waals surface area (Å²) in [5, 5.41) is 10.7. The third-order valence-corrected chi connectivity index (χ3v) is 5.08. The minimum atomic E-state index is -0.445. The van der Waals surface area contributed by atoms with E-state index in [-0.39, 0.29) is 6.04 Å². The lowest BCUT2D eigenvalue weighted by molar-refractivity contribution is -0.0487. The second kappa shape index (κ2) is 5.38. The Hall–Kier alpha value is -1.06. The Morgan fingerprint density at radius 2 is 1.95 bits per heavy atom. The number of hydrogen-bond donors (Lipinski definition) is 1. The van der Waals surface area contributed by atoms with E-state index in [9.17, 15) is 5.11 Å². The summed E-state index contributed by atoms with van der Waals surface area (Å²) in [5.74, 6) is 2.19. The van der Waals surface area contributed by atoms with Gasteiger partial charge >= 0.3 is 0 Å². The van der Waals surface area contributed by atoms with Crippen LogP contribution in [0.2, 0.25) is 0 Å². The van der Waals surface area contributed by atoms with Gasteiger partial charge in [-0.3, -0.25) is 4.90 Å². The van der Waals surface area contributed by atoms with Gasteiger partial charge in [0.2, 0.25) is 0 Å². The van der Waals surface area contributed by atoms with E-state index in [4.69, 9.17) is 4.74 Å². The summed E-state index contributed by atoms with van der Waals surface area (Å²) in [7, 11) is 0. The van der Waals surface area contributed by atoms with Crippen molar-refractivity contribution in [3.63, 3.8) is 0 Å². The van der Waals surface area contributed by atoms with Gasteiger partial charge in [0.15, 0.2) is 0 Å². The number of fused-ring (bicyclic) bond motifs is 1. The lowest BCUT2D eigenvalue weighted by atomic mass is 9.83. The Labute approximate surface area is 121 Å². The fraction of sp³-hybridized carbons (Fsp3) is 0.647. The van der Waals surface area contributed by atoms with Crippen molar-refractivity contribution in [1.82, 2.24) is 4.90 Å². The Morgan fingerprint density at radius 1 is 1.20 bits per heavy atom. The number of nitrogens with zero attached hydrogens (tertiary/aromatic N) is 1. The first-order valence-corrected chi connectivity index (χ1v) is 7.73. The standard InChI is InChI=1S/C17H25NO2/c1-11-8-12(2)13(3)18(9-11)15-10-20-16-7-5-4-6-14(16)17(15)19/h4-7,11-13,15,17,19H,8-10H2,1-3H3. The number of hydrogen-bond acceptors (Lipinski definition) is 3. The quantitative estimate of drug-likeness (QED) is 0.855. The van der Waals surface area contributed by atoms with Crippen LogP contribution in [0.15, 0.2) is 24.3 Å². The number of para-hydroxylation sites is 1. The van der Waals surface area contributed by atoms with Crippen LogP contribution in [0.25, 0.3) is 0 Å². The van der Waals surface area contributed by atoms with Crippen molar-refractivity contribution in [2.45, 2.75) is 45.4 Å². The van der Waals surface area contributed by atoms with Gasteiger partial charge in [-0.1, -0.05) is 32.0 Å². The van der Waals surface area contributed by atoms with Crippen LogP contribution in [0.4, 0.5) is 0 Å². The number of piperidine rings is 1. The van der Waals surface area contributed by atoms with Gasteiger partial charge in [0.05, 0.1) is 6.04 Å². The lowest BCUT2D eigenvalue weighted by Gasteiger charge is -2.47. The zero-order valence-electron chi connectivity index (χ0n) is 12.6. The third-order valence-electron chi connectivity index (χ3n) is 5.08. The van der Waals surface area contributed by atoms with E-state index in [0.717, 1.165) is 17.9 Å². The fourth-order valence-corrected chi connectivity index (χ4v) is 3.80. The minimum Gasteiger partial charge on any atom is -0.491 e. The molecule has 5 unspecified atom stereocenters. The Bertz CT molecular complexity index is 476. The van der Waals surface area contributed by atoms with Crippen LogP contribution in [0, 0.1) is 11.8 Å². The van der Waals surface area contributed by atoms with Crippen molar-refractivity contribution in [1.29, 1.82) is 0 Å². The lowest BCUT2D eigenvalue weighted by Crippen LogP contribution is -2.55. The molecule has 0 bridgehead atoms. The zero-order valence-corrected chi connectivity index (χ0v) is 12.6. The Kier molecular flexibility index (Phi) is 3.74. The topological polar surface area (TPSA) is 32.7 Å². The SMILES string of the molecule is CC1CC(C)C(C)N(C2COc3ccccc3C2O)C1. The highest BCUT2D eigenvalue weighted by molar-refractivity contribution is 5.37. The van der Waals surface area contributed by atoms with Crippen molar-refractivity contribution in [2.24, 2.45) is 11.8 Å². The highest BCUT2D eigenvalue weighted by Gasteiger charge is 2.39. The summed E-state index contributed by atoms with van der Waals surface area (Å²) in [5.41, 5.74) is 0.932. The van der Waals surface area contributed by atoms with Crippen molar-refractivity contribution < 1.29 is 9.84 Å². The van der Waals surface area contributed by atoms with Crippen LogP contribution in [-0.4, -0.2) is 35.2 Å². The number of aliphatic hydroxyl groups is 1. The minimum absolute atomic E-state index is 0.0742. The number of ether oxygens (including phenoxy) is 1. The molecule has 1 fully saturated rings. The van der Waals surface area contributed by atoms with Crippen LogP contribution in [0.1, 0.15) is 38.9 Å². The first-order valence-electron chi connectivity index (χ1n) is 7.73. The third kappa shape index (κ3) is 2.33. The predicted octanol–water partition coefficient (Wildman–Crippen LogP) is 2.85. The van der Waals surface area contributed by atoms with Gasteiger partial charge in [-0.15, -0.1) is 0 Å². The molecule has 2 heterocycles. The average molecular weight is 275 g/mol. The van der Waals surface area contributed by atoms with E-state index in [1.165, 1.54) is 6.42 Å². The number of likely N-dealkylation sites (tertiary alicyclic amines) is 1. The van der Waals surface area contributed by atoms with Crippen molar-refractivity contribution in [3.05, 3.63) is 29.8 Å². The van der Waals surface area contributed by atoms with Gasteiger partial charge in [0, 0.05) is 18.2 Å². The molecule has 3 rings (SSSR count). The van der Waals surface area contributed by atoms with Gasteiger partial charge in [0.25, 0.3) is 0 Å². The molecule has 20 heavy (non-hydrogen) atoms. The molecule has 0 amide bonds. The van der Waals surface area contributed by atoms with Crippen molar-refractivity contribution >= 4 is 0 Å². The maximum Gasteiger partial charge on any atom is 0.125 e. The molecule has 2 aliphatic rings. The molecule has 1 aromatic rings. The largest absolute Gasteiger partial charge is 0.491 e. The van der Waals surface area contributed by atoms with Crippen LogP contribution in [-0.2, 0) is 0 Å². The van der Waals surface area contributed by atoms with E-state index in [1.54, 1.807) is 0 Å². The Balaban J connectivity index is 1.84. The highest BCUT2D eigenvalue weighted by atomic mass is 16.5. The number of aliphatic hydroxyl groups excluding tert-OH is 1. The summed E-state index contributed by atoms with van der Waals surface area (Å²) in [4.78, 5) is 2.46. The van der Waals surface area contributed by atoms with Crippen LogP contribution in [0.3, 0.4) is 0 Å². The van der Waals surface area contributed by atoms with Gasteiger partial charge in [-0.05, 0) is 31.2 Å². The first kappa shape index (κ1) is 13.9. The van der Waals surface area contributed by atoms with Crippen LogP contribution >= 0.6 is 0 Å². The van der Waals surface area contributed by atoms with E-state index in [0.29, 0.717) is 24.5 Å². The van der Waals surface area contributed by atoms with Gasteiger partial charge in [0.1, 0.15) is 18.5 Å². The number of benzene rings is 1. The molecule has 2 aliphatic heterocycles. The summed E-state index contributed by atoms with van der Waals surface area (Å²) < 4.78 is 5.88. The number of rotatable bonds is 1. The van der Waals surface area contributed by atoms with Gasteiger partial charge in [-0.2, -0.15) is 0 Å². The molecule has 0 radical (unpaired) electrons. The molecule has 3 nitrogen and oxygen atoms in total. The van der Waals surface area contributed by atoms with Crippen molar-refractivity contribution in [3.8, 4) is 5.75 Å². The predicted molar refractivity (Wildman–Crippen MR) is 79.8 cm³/mol. The highest BCUT2D eigenvalue weighted by Crippen LogP contribution is 2.37.